The molecule has 76 valence electrons. The maximum absolute atomic E-state index is 10.9. The number of methoxy groups -OCH3 is 1. The Bertz CT molecular complexity index is 499. The van der Waals surface area contributed by atoms with E-state index in [0.717, 1.165) is 11.1 Å². The third-order valence-corrected chi connectivity index (χ3v) is 2.06. The minimum Gasteiger partial charge on any atom is -0.481 e. The summed E-state index contributed by atoms with van der Waals surface area (Å²) in [6, 6.07) is 6.92. The van der Waals surface area contributed by atoms with Crippen LogP contribution in [0.15, 0.2) is 41.5 Å². The van der Waals surface area contributed by atoms with Gasteiger partial charge in [-0.2, -0.15) is 0 Å². The second kappa shape index (κ2) is 3.96. The monoisotopic (exact) mass is 202 g/mol. The van der Waals surface area contributed by atoms with E-state index in [2.05, 4.69) is 9.97 Å². The van der Waals surface area contributed by atoms with Gasteiger partial charge in [-0.3, -0.25) is 4.79 Å². The van der Waals surface area contributed by atoms with E-state index < -0.39 is 0 Å². The fraction of sp³-hybridized carbons (Fsp3) is 0.0909. The summed E-state index contributed by atoms with van der Waals surface area (Å²) >= 11 is 0. The van der Waals surface area contributed by atoms with Crippen LogP contribution in [0, 0.1) is 0 Å². The van der Waals surface area contributed by atoms with Crippen LogP contribution in [0.1, 0.15) is 0 Å². The largest absolute Gasteiger partial charge is 0.481 e. The van der Waals surface area contributed by atoms with Crippen molar-refractivity contribution in [2.75, 3.05) is 7.11 Å². The summed E-state index contributed by atoms with van der Waals surface area (Å²) in [5, 5.41) is 0. The number of nitrogens with one attached hydrogen (secondary N) is 1. The smallest absolute Gasteiger partial charge is 0.247 e. The molecule has 0 atom stereocenters. The van der Waals surface area contributed by atoms with Crippen molar-refractivity contribution in [3.8, 4) is 17.0 Å². The van der Waals surface area contributed by atoms with Crippen LogP contribution in [0.25, 0.3) is 11.1 Å². The van der Waals surface area contributed by atoms with E-state index in [1.165, 1.54) is 6.07 Å². The molecule has 0 aliphatic rings. The van der Waals surface area contributed by atoms with Gasteiger partial charge in [-0.15, -0.1) is 0 Å². The quantitative estimate of drug-likeness (QED) is 0.801. The zero-order chi connectivity index (χ0) is 10.7. The van der Waals surface area contributed by atoms with E-state index in [-0.39, 0.29) is 5.56 Å². The zero-order valence-electron chi connectivity index (χ0n) is 8.23. The number of ether oxygens (including phenoxy) is 1. The molecule has 0 aromatic carbocycles. The maximum Gasteiger partial charge on any atom is 0.247 e. The van der Waals surface area contributed by atoms with E-state index in [1.54, 1.807) is 25.6 Å². The summed E-state index contributed by atoms with van der Waals surface area (Å²) in [7, 11) is 1.57. The summed E-state index contributed by atoms with van der Waals surface area (Å²) in [5.74, 6) is 0.554. The first kappa shape index (κ1) is 9.45. The number of aromatic nitrogens is 2. The molecule has 2 aromatic heterocycles. The lowest BCUT2D eigenvalue weighted by molar-refractivity contribution is 0.398. The molecule has 0 saturated heterocycles. The van der Waals surface area contributed by atoms with Gasteiger partial charge < -0.3 is 9.72 Å². The molecule has 0 saturated carbocycles. The first-order valence-electron chi connectivity index (χ1n) is 4.49. The highest BCUT2D eigenvalue weighted by Gasteiger charge is 1.99. The Morgan fingerprint density at radius 1 is 1.27 bits per heavy atom. The number of pyridine rings is 2. The van der Waals surface area contributed by atoms with Crippen LogP contribution in [0.3, 0.4) is 0 Å². The van der Waals surface area contributed by atoms with Crippen molar-refractivity contribution >= 4 is 0 Å². The Morgan fingerprint density at radius 2 is 2.13 bits per heavy atom. The van der Waals surface area contributed by atoms with Gasteiger partial charge in [-0.25, -0.2) is 4.98 Å². The average molecular weight is 202 g/mol. The molecule has 15 heavy (non-hydrogen) atoms. The molecule has 0 bridgehead atoms. The van der Waals surface area contributed by atoms with E-state index in [9.17, 15) is 4.79 Å². The fourth-order valence-corrected chi connectivity index (χ4v) is 1.29. The molecule has 0 fully saturated rings. The van der Waals surface area contributed by atoms with E-state index in [0.29, 0.717) is 5.88 Å². The summed E-state index contributed by atoms with van der Waals surface area (Å²) in [6.07, 6.45) is 3.33. The molecule has 2 rings (SSSR count). The number of nitrogens with zero attached hydrogens (tertiary/aromatic N) is 1. The first-order valence-corrected chi connectivity index (χ1v) is 4.49. The minimum absolute atomic E-state index is 0.111. The molecule has 0 radical (unpaired) electrons. The fourth-order valence-electron chi connectivity index (χ4n) is 1.29. The molecular formula is C11H10N2O2. The lowest BCUT2D eigenvalue weighted by atomic mass is 10.1. The lowest BCUT2D eigenvalue weighted by Gasteiger charge is -2.02. The number of hydrogen-bond acceptors (Lipinski definition) is 3. The molecule has 0 unspecified atom stereocenters. The van der Waals surface area contributed by atoms with Crippen molar-refractivity contribution in [3.05, 3.63) is 47.0 Å². The van der Waals surface area contributed by atoms with Crippen LogP contribution in [-0.4, -0.2) is 17.1 Å². The van der Waals surface area contributed by atoms with E-state index in [4.69, 9.17) is 4.74 Å². The van der Waals surface area contributed by atoms with Crippen LogP contribution in [0.4, 0.5) is 0 Å². The Kier molecular flexibility index (Phi) is 2.49. The topological polar surface area (TPSA) is 55.0 Å². The third-order valence-electron chi connectivity index (χ3n) is 2.06. The average Bonchev–Trinajstić information content (AvgIpc) is 2.30. The summed E-state index contributed by atoms with van der Waals surface area (Å²) in [6.45, 7) is 0. The Labute approximate surface area is 86.6 Å². The summed E-state index contributed by atoms with van der Waals surface area (Å²) in [5.41, 5.74) is 1.77. The van der Waals surface area contributed by atoms with Crippen molar-refractivity contribution in [2.45, 2.75) is 0 Å². The molecule has 0 aliphatic heterocycles. The molecule has 0 amide bonds. The number of aromatic amines is 1. The van der Waals surface area contributed by atoms with Crippen molar-refractivity contribution in [3.63, 3.8) is 0 Å². The van der Waals surface area contributed by atoms with Gasteiger partial charge >= 0.3 is 0 Å². The van der Waals surface area contributed by atoms with Gasteiger partial charge in [0.25, 0.3) is 0 Å². The predicted octanol–water partition coefficient (Wildman–Crippen LogP) is 1.45. The Morgan fingerprint density at radius 3 is 2.80 bits per heavy atom. The normalized spacial score (nSPS) is 9.93. The van der Waals surface area contributed by atoms with Crippen LogP contribution in [0.5, 0.6) is 5.88 Å². The van der Waals surface area contributed by atoms with Crippen molar-refractivity contribution < 1.29 is 4.74 Å². The van der Waals surface area contributed by atoms with Gasteiger partial charge in [0.2, 0.25) is 11.4 Å². The predicted molar refractivity (Wildman–Crippen MR) is 56.8 cm³/mol. The molecule has 0 spiro atoms. The summed E-state index contributed by atoms with van der Waals surface area (Å²) in [4.78, 5) is 17.5. The molecule has 1 N–H and O–H groups in total. The number of rotatable bonds is 2. The zero-order valence-corrected chi connectivity index (χ0v) is 8.23. The van der Waals surface area contributed by atoms with Crippen LogP contribution >= 0.6 is 0 Å². The van der Waals surface area contributed by atoms with Crippen LogP contribution < -0.4 is 10.3 Å². The summed E-state index contributed by atoms with van der Waals surface area (Å²) < 4.78 is 5.02. The Balaban J connectivity index is 2.44. The standard InChI is InChI=1S/C11H10N2O2/c1-15-11-6-8(4-5-12-11)9-2-3-10(14)13-7-9/h2-7H,1H3,(H,13,14). The minimum atomic E-state index is -0.111. The number of H-pyrrole nitrogens is 1. The Hall–Kier alpha value is -2.10. The third kappa shape index (κ3) is 2.04. The molecule has 4 heteroatoms. The molecular weight excluding hydrogens is 192 g/mol. The SMILES string of the molecule is COc1cc(-c2ccc(=O)[nH]c2)ccn1. The van der Waals surface area contributed by atoms with Gasteiger partial charge in [0, 0.05) is 24.5 Å². The van der Waals surface area contributed by atoms with E-state index >= 15 is 0 Å². The molecule has 0 aliphatic carbocycles. The highest BCUT2D eigenvalue weighted by atomic mass is 16.5. The van der Waals surface area contributed by atoms with Crippen LogP contribution in [0.2, 0.25) is 0 Å². The van der Waals surface area contributed by atoms with Gasteiger partial charge in [-0.05, 0) is 23.3 Å². The highest BCUT2D eigenvalue weighted by molar-refractivity contribution is 5.62. The van der Waals surface area contributed by atoms with E-state index in [1.807, 2.05) is 12.1 Å². The van der Waals surface area contributed by atoms with Gasteiger partial charge in [0.1, 0.15) is 0 Å². The van der Waals surface area contributed by atoms with Gasteiger partial charge in [0.05, 0.1) is 7.11 Å². The van der Waals surface area contributed by atoms with Gasteiger partial charge in [0.15, 0.2) is 0 Å². The molecule has 4 nitrogen and oxygen atoms in total. The van der Waals surface area contributed by atoms with Gasteiger partial charge in [-0.1, -0.05) is 0 Å². The first-order chi connectivity index (χ1) is 7.29. The van der Waals surface area contributed by atoms with Crippen molar-refractivity contribution in [2.24, 2.45) is 0 Å². The number of hydrogen-bond donors (Lipinski definition) is 1. The maximum atomic E-state index is 10.9. The van der Waals surface area contributed by atoms with Crippen molar-refractivity contribution in [1.29, 1.82) is 0 Å². The van der Waals surface area contributed by atoms with Crippen molar-refractivity contribution in [1.82, 2.24) is 9.97 Å². The molecule has 2 heterocycles. The second-order valence-corrected chi connectivity index (χ2v) is 3.03. The molecule has 2 aromatic rings. The second-order valence-electron chi connectivity index (χ2n) is 3.03. The van der Waals surface area contributed by atoms with Crippen LogP contribution in [-0.2, 0) is 0 Å². The highest BCUT2D eigenvalue weighted by Crippen LogP contribution is 2.19. The lowest BCUT2D eigenvalue weighted by Crippen LogP contribution is -2.01.